The molecule has 0 spiro atoms. The van der Waals surface area contributed by atoms with Gasteiger partial charge in [0.05, 0.1) is 0 Å². The second-order valence-corrected chi connectivity index (χ2v) is 7.51. The number of aromatic amines is 1. The topological polar surface area (TPSA) is 71.0 Å². The van der Waals surface area contributed by atoms with Gasteiger partial charge in [-0.3, -0.25) is 14.5 Å². The third kappa shape index (κ3) is 3.57. The van der Waals surface area contributed by atoms with E-state index in [1.165, 1.54) is 5.56 Å². The number of aromatic nitrogens is 3. The van der Waals surface area contributed by atoms with Crippen LogP contribution in [-0.2, 0) is 13.6 Å². The lowest BCUT2D eigenvalue weighted by Gasteiger charge is -2.31. The first-order valence-corrected chi connectivity index (χ1v) is 9.38. The Balaban J connectivity index is 1.53. The predicted molar refractivity (Wildman–Crippen MR) is 105 cm³/mol. The molecule has 1 aliphatic heterocycles. The van der Waals surface area contributed by atoms with E-state index in [0.717, 1.165) is 35.9 Å². The van der Waals surface area contributed by atoms with Crippen LogP contribution >= 0.6 is 0 Å². The summed E-state index contributed by atoms with van der Waals surface area (Å²) in [6, 6.07) is 8.00. The number of hydrogen-bond acceptors (Lipinski definition) is 4. The van der Waals surface area contributed by atoms with Crippen LogP contribution in [0.15, 0.2) is 41.5 Å². The molecule has 0 amide bonds. The number of ketones is 1. The van der Waals surface area contributed by atoms with E-state index in [1.807, 2.05) is 32.2 Å². The number of carbonyl (C=O) groups is 1. The monoisotopic (exact) mass is 364 g/mol. The molecule has 1 fully saturated rings. The number of Topliss-reactive ketones (excluding diaryl/α,β-unsaturated/α-hetero) is 1. The molecule has 140 valence electrons. The van der Waals surface area contributed by atoms with Gasteiger partial charge >= 0.3 is 0 Å². The van der Waals surface area contributed by atoms with Crippen LogP contribution in [0.5, 0.6) is 0 Å². The fraction of sp³-hybridized carbons (Fsp3) is 0.381. The molecule has 6 nitrogen and oxygen atoms in total. The predicted octanol–water partition coefficient (Wildman–Crippen LogP) is 2.66. The highest BCUT2D eigenvalue weighted by molar-refractivity contribution is 5.95. The zero-order valence-corrected chi connectivity index (χ0v) is 15.7. The van der Waals surface area contributed by atoms with Gasteiger partial charge in [0.2, 0.25) is 5.78 Å². The summed E-state index contributed by atoms with van der Waals surface area (Å²) in [7, 11) is 1.84. The second kappa shape index (κ2) is 7.12. The second-order valence-electron chi connectivity index (χ2n) is 7.51. The van der Waals surface area contributed by atoms with Crippen LogP contribution in [0.2, 0.25) is 0 Å². The van der Waals surface area contributed by atoms with E-state index in [-0.39, 0.29) is 17.3 Å². The first-order chi connectivity index (χ1) is 13.0. The van der Waals surface area contributed by atoms with Gasteiger partial charge in [0, 0.05) is 49.5 Å². The van der Waals surface area contributed by atoms with E-state index in [1.54, 1.807) is 17.0 Å². The number of likely N-dealkylation sites (tertiary alicyclic amines) is 1. The van der Waals surface area contributed by atoms with Crippen LogP contribution in [0.25, 0.3) is 10.9 Å². The van der Waals surface area contributed by atoms with Gasteiger partial charge in [-0.15, -0.1) is 0 Å². The van der Waals surface area contributed by atoms with Crippen LogP contribution in [0.4, 0.5) is 0 Å². The molecule has 4 rings (SSSR count). The van der Waals surface area contributed by atoms with Crippen molar-refractivity contribution in [3.8, 4) is 0 Å². The number of carbonyl (C=O) groups excluding carboxylic acids is 1. The zero-order valence-electron chi connectivity index (χ0n) is 15.7. The summed E-state index contributed by atoms with van der Waals surface area (Å²) in [5, 5.41) is 1.04. The molecule has 1 atom stereocenters. The van der Waals surface area contributed by atoms with Gasteiger partial charge < -0.3 is 9.55 Å². The highest BCUT2D eigenvalue weighted by atomic mass is 16.1. The maximum atomic E-state index is 12.8. The van der Waals surface area contributed by atoms with E-state index in [4.69, 9.17) is 0 Å². The molecule has 6 heteroatoms. The Hall–Kier alpha value is -2.73. The number of imidazole rings is 1. The summed E-state index contributed by atoms with van der Waals surface area (Å²) in [6.45, 7) is 4.17. The van der Waals surface area contributed by atoms with Crippen LogP contribution < -0.4 is 5.56 Å². The van der Waals surface area contributed by atoms with Crippen LogP contribution in [0.1, 0.15) is 34.6 Å². The molecule has 1 saturated heterocycles. The zero-order chi connectivity index (χ0) is 19.0. The molecule has 0 unspecified atom stereocenters. The Bertz CT molecular complexity index is 1050. The Labute approximate surface area is 157 Å². The van der Waals surface area contributed by atoms with E-state index in [9.17, 15) is 9.59 Å². The Morgan fingerprint density at radius 3 is 2.96 bits per heavy atom. The maximum absolute atomic E-state index is 12.8. The van der Waals surface area contributed by atoms with Crippen molar-refractivity contribution in [3.05, 3.63) is 64.0 Å². The quantitative estimate of drug-likeness (QED) is 0.723. The lowest BCUT2D eigenvalue weighted by atomic mass is 9.93. The number of nitrogens with zero attached hydrogens (tertiary/aromatic N) is 3. The Kier molecular flexibility index (Phi) is 4.66. The van der Waals surface area contributed by atoms with Gasteiger partial charge in [-0.1, -0.05) is 11.6 Å². The smallest absolute Gasteiger partial charge is 0.252 e. The van der Waals surface area contributed by atoms with Crippen molar-refractivity contribution in [2.45, 2.75) is 26.3 Å². The number of benzene rings is 1. The van der Waals surface area contributed by atoms with Crippen LogP contribution in [-0.4, -0.2) is 38.3 Å². The third-order valence-corrected chi connectivity index (χ3v) is 5.39. The lowest BCUT2D eigenvalue weighted by molar-refractivity contribution is 0.0797. The van der Waals surface area contributed by atoms with Crippen molar-refractivity contribution in [1.29, 1.82) is 0 Å². The SMILES string of the molecule is Cc1ccc2[nH]c(=O)c(CN3CCC[C@H](C(=O)c4nccn4C)C3)cc2c1. The fourth-order valence-electron chi connectivity index (χ4n) is 3.93. The van der Waals surface area contributed by atoms with Gasteiger partial charge in [0.1, 0.15) is 0 Å². The van der Waals surface area contributed by atoms with Gasteiger partial charge in [-0.05, 0) is 49.9 Å². The molecule has 0 radical (unpaired) electrons. The van der Waals surface area contributed by atoms with Crippen LogP contribution in [0.3, 0.4) is 0 Å². The largest absolute Gasteiger partial charge is 0.332 e. The highest BCUT2D eigenvalue weighted by Crippen LogP contribution is 2.22. The minimum atomic E-state index is -0.0679. The minimum Gasteiger partial charge on any atom is -0.332 e. The van der Waals surface area contributed by atoms with Crippen molar-refractivity contribution in [2.24, 2.45) is 13.0 Å². The summed E-state index contributed by atoms with van der Waals surface area (Å²) in [4.78, 5) is 34.6. The third-order valence-electron chi connectivity index (χ3n) is 5.39. The number of nitrogens with one attached hydrogen (secondary N) is 1. The number of hydrogen-bond donors (Lipinski definition) is 1. The molecular formula is C21H24N4O2. The molecule has 0 saturated carbocycles. The fourth-order valence-corrected chi connectivity index (χ4v) is 3.93. The molecule has 0 bridgehead atoms. The first kappa shape index (κ1) is 17.7. The van der Waals surface area contributed by atoms with Crippen molar-refractivity contribution in [3.63, 3.8) is 0 Å². The standard InChI is InChI=1S/C21H24N4O2/c1-14-5-6-18-16(10-14)11-17(21(27)23-18)13-25-8-3-4-15(12-25)19(26)20-22-7-9-24(20)2/h5-7,9-11,15H,3-4,8,12-13H2,1-2H3,(H,23,27)/t15-/m0/s1. The molecule has 2 aromatic heterocycles. The average molecular weight is 364 g/mol. The molecule has 3 aromatic rings. The average Bonchev–Trinajstić information content (AvgIpc) is 3.08. The Morgan fingerprint density at radius 1 is 1.33 bits per heavy atom. The van der Waals surface area contributed by atoms with Crippen molar-refractivity contribution >= 4 is 16.7 Å². The number of piperidine rings is 1. The van der Waals surface area contributed by atoms with Crippen LogP contribution in [0, 0.1) is 12.8 Å². The molecule has 27 heavy (non-hydrogen) atoms. The number of fused-ring (bicyclic) bond motifs is 1. The number of aryl methyl sites for hydroxylation is 2. The summed E-state index contributed by atoms with van der Waals surface area (Å²) in [5.41, 5.74) is 2.72. The summed E-state index contributed by atoms with van der Waals surface area (Å²) in [5.74, 6) is 0.540. The molecule has 1 N–H and O–H groups in total. The van der Waals surface area contributed by atoms with Crippen molar-refractivity contribution in [2.75, 3.05) is 13.1 Å². The number of rotatable bonds is 4. The van der Waals surface area contributed by atoms with Crippen molar-refractivity contribution < 1.29 is 4.79 Å². The van der Waals surface area contributed by atoms with Gasteiger partial charge in [0.15, 0.2) is 5.82 Å². The number of H-pyrrole nitrogens is 1. The first-order valence-electron chi connectivity index (χ1n) is 9.38. The number of pyridine rings is 1. The molecule has 1 aliphatic rings. The molecule has 1 aromatic carbocycles. The minimum absolute atomic E-state index is 0.0519. The summed E-state index contributed by atoms with van der Waals surface area (Å²) in [6.07, 6.45) is 5.27. The molecule has 3 heterocycles. The van der Waals surface area contributed by atoms with E-state index >= 15 is 0 Å². The highest BCUT2D eigenvalue weighted by Gasteiger charge is 2.29. The summed E-state index contributed by atoms with van der Waals surface area (Å²) >= 11 is 0. The van der Waals surface area contributed by atoms with Crippen molar-refractivity contribution in [1.82, 2.24) is 19.4 Å². The molecular weight excluding hydrogens is 340 g/mol. The van der Waals surface area contributed by atoms with E-state index < -0.39 is 0 Å². The van der Waals surface area contributed by atoms with Gasteiger partial charge in [0.25, 0.3) is 5.56 Å². The van der Waals surface area contributed by atoms with Gasteiger partial charge in [-0.25, -0.2) is 4.98 Å². The Morgan fingerprint density at radius 2 is 2.19 bits per heavy atom. The molecule has 0 aliphatic carbocycles. The maximum Gasteiger partial charge on any atom is 0.252 e. The summed E-state index contributed by atoms with van der Waals surface area (Å²) < 4.78 is 1.78. The van der Waals surface area contributed by atoms with E-state index in [2.05, 4.69) is 20.9 Å². The van der Waals surface area contributed by atoms with E-state index in [0.29, 0.717) is 18.9 Å². The normalized spacial score (nSPS) is 18.1. The lowest BCUT2D eigenvalue weighted by Crippen LogP contribution is -2.39. The van der Waals surface area contributed by atoms with Gasteiger partial charge in [-0.2, -0.15) is 0 Å².